The third kappa shape index (κ3) is 7.87. The van der Waals surface area contributed by atoms with Gasteiger partial charge in [-0.25, -0.2) is 13.1 Å². The summed E-state index contributed by atoms with van der Waals surface area (Å²) >= 11 is 0. The number of carbonyl (C=O) groups excluding carboxylic acids is 2. The van der Waals surface area contributed by atoms with E-state index in [2.05, 4.69) is 20.3 Å². The van der Waals surface area contributed by atoms with Crippen LogP contribution in [0.25, 0.3) is 0 Å². The van der Waals surface area contributed by atoms with E-state index in [1.165, 1.54) is 25.7 Å². The molecule has 6 N–H and O–H groups in total. The fourth-order valence-corrected chi connectivity index (χ4v) is 3.91. The highest BCUT2D eigenvalue weighted by Crippen LogP contribution is 2.16. The van der Waals surface area contributed by atoms with Crippen molar-refractivity contribution in [3.05, 3.63) is 18.0 Å². The second-order valence-electron chi connectivity index (χ2n) is 6.43. The molecule has 0 radical (unpaired) electrons. The number of hydrogen-bond acceptors (Lipinski definition) is 5. The lowest BCUT2D eigenvalue weighted by molar-refractivity contribution is -0.119. The van der Waals surface area contributed by atoms with Crippen LogP contribution in [-0.2, 0) is 14.8 Å². The van der Waals surface area contributed by atoms with Crippen molar-refractivity contribution in [1.82, 2.24) is 20.3 Å². The molecule has 2 rings (SSSR count). The fraction of sp³-hybridized carbons (Fsp3) is 0.625. The monoisotopic (exact) mass is 421 g/mol. The maximum Gasteiger partial charge on any atom is 0.265 e. The summed E-state index contributed by atoms with van der Waals surface area (Å²) in [5.41, 5.74) is 5.05. The molecular weight excluding hydrogens is 394 g/mol. The van der Waals surface area contributed by atoms with E-state index in [0.29, 0.717) is 19.1 Å². The van der Waals surface area contributed by atoms with E-state index in [0.717, 1.165) is 25.1 Å². The van der Waals surface area contributed by atoms with Crippen LogP contribution in [-0.4, -0.2) is 50.9 Å². The van der Waals surface area contributed by atoms with E-state index >= 15 is 0 Å². The molecule has 1 saturated carbocycles. The van der Waals surface area contributed by atoms with E-state index in [1.54, 1.807) is 0 Å². The second-order valence-corrected chi connectivity index (χ2v) is 8.20. The Hall–Kier alpha value is -1.62. The number of hydrogen-bond donors (Lipinski definition) is 5. The Kier molecular flexibility index (Phi) is 9.78. The van der Waals surface area contributed by atoms with E-state index in [9.17, 15) is 18.0 Å². The highest BCUT2D eigenvalue weighted by Gasteiger charge is 2.18. The molecule has 27 heavy (non-hydrogen) atoms. The van der Waals surface area contributed by atoms with E-state index in [4.69, 9.17) is 5.73 Å². The number of nitrogens with one attached hydrogen (secondary N) is 4. The summed E-state index contributed by atoms with van der Waals surface area (Å²) in [5.74, 6) is -1.17. The average molecular weight is 422 g/mol. The van der Waals surface area contributed by atoms with Gasteiger partial charge in [0.15, 0.2) is 0 Å². The Morgan fingerprint density at radius 3 is 2.41 bits per heavy atom. The molecule has 0 spiro atoms. The minimum absolute atomic E-state index is 0. The van der Waals surface area contributed by atoms with Gasteiger partial charge in [-0.2, -0.15) is 0 Å². The summed E-state index contributed by atoms with van der Waals surface area (Å²) < 4.78 is 26.3. The SMILES string of the molecule is Cl.NC(=O)c1cc(S(=O)(=O)NCC(=O)NCCNC2CCCCCC2)c[nH]1. The van der Waals surface area contributed by atoms with E-state index < -0.39 is 21.8 Å². The number of carbonyl (C=O) groups is 2. The molecule has 2 amide bonds. The number of nitrogens with two attached hydrogens (primary N) is 1. The number of halogens is 1. The third-order valence-corrected chi connectivity index (χ3v) is 5.77. The second kappa shape index (κ2) is 11.3. The molecule has 1 aromatic heterocycles. The maximum absolute atomic E-state index is 12.1. The number of H-pyrrole nitrogens is 1. The number of amides is 2. The summed E-state index contributed by atoms with van der Waals surface area (Å²) in [7, 11) is -3.89. The first-order valence-electron chi connectivity index (χ1n) is 8.86. The standard InChI is InChI=1S/C16H27N5O4S.ClH/c17-16(23)14-9-13(10-20-14)26(24,25)21-11-15(22)19-8-7-18-12-5-3-1-2-4-6-12;/h9-10,12,18,20-21H,1-8,11H2,(H2,17,23)(H,19,22);1H. The summed E-state index contributed by atoms with van der Waals surface area (Å²) in [6.07, 6.45) is 8.53. The minimum Gasteiger partial charge on any atom is -0.364 e. The van der Waals surface area contributed by atoms with E-state index in [1.807, 2.05) is 0 Å². The van der Waals surface area contributed by atoms with Crippen LogP contribution in [0, 0.1) is 0 Å². The van der Waals surface area contributed by atoms with Gasteiger partial charge in [0.25, 0.3) is 5.91 Å². The maximum atomic E-state index is 12.1. The van der Waals surface area contributed by atoms with Gasteiger partial charge in [-0.3, -0.25) is 9.59 Å². The van der Waals surface area contributed by atoms with Gasteiger partial charge >= 0.3 is 0 Å². The highest BCUT2D eigenvalue weighted by atomic mass is 35.5. The zero-order chi connectivity index (χ0) is 19.0. The Bertz CT molecular complexity index is 714. The fourth-order valence-electron chi connectivity index (χ4n) is 2.94. The van der Waals surface area contributed by atoms with Crippen LogP contribution < -0.4 is 21.1 Å². The normalized spacial score (nSPS) is 15.6. The van der Waals surface area contributed by atoms with Gasteiger partial charge in [-0.05, 0) is 18.9 Å². The first-order valence-corrected chi connectivity index (χ1v) is 10.3. The molecular formula is C16H28ClN5O4S. The van der Waals surface area contributed by atoms with Crippen molar-refractivity contribution in [2.24, 2.45) is 5.73 Å². The van der Waals surface area contributed by atoms with Crippen molar-refractivity contribution in [3.63, 3.8) is 0 Å². The number of sulfonamides is 1. The van der Waals surface area contributed by atoms with Crippen LogP contribution in [0.2, 0.25) is 0 Å². The molecule has 1 fully saturated rings. The molecule has 154 valence electrons. The van der Waals surface area contributed by atoms with Gasteiger partial charge < -0.3 is 21.4 Å². The van der Waals surface area contributed by atoms with Gasteiger partial charge in [0.1, 0.15) is 10.6 Å². The highest BCUT2D eigenvalue weighted by molar-refractivity contribution is 7.89. The molecule has 0 saturated heterocycles. The predicted octanol–water partition coefficient (Wildman–Crippen LogP) is 0.242. The average Bonchev–Trinajstić information content (AvgIpc) is 2.97. The molecule has 0 aromatic carbocycles. The summed E-state index contributed by atoms with van der Waals surface area (Å²) in [5, 5.41) is 6.10. The zero-order valence-electron chi connectivity index (χ0n) is 15.1. The van der Waals surface area contributed by atoms with Gasteiger partial charge in [0, 0.05) is 25.3 Å². The molecule has 1 aromatic rings. The van der Waals surface area contributed by atoms with Crippen molar-refractivity contribution in [3.8, 4) is 0 Å². The van der Waals surface area contributed by atoms with Crippen molar-refractivity contribution in [2.45, 2.75) is 49.5 Å². The quantitative estimate of drug-likeness (QED) is 0.286. The van der Waals surface area contributed by atoms with Crippen molar-refractivity contribution >= 4 is 34.2 Å². The molecule has 9 nitrogen and oxygen atoms in total. The molecule has 0 bridgehead atoms. The Morgan fingerprint density at radius 1 is 1.15 bits per heavy atom. The Morgan fingerprint density at radius 2 is 1.81 bits per heavy atom. The largest absolute Gasteiger partial charge is 0.364 e. The Labute approximate surface area is 165 Å². The van der Waals surface area contributed by atoms with Crippen LogP contribution in [0.4, 0.5) is 0 Å². The van der Waals surface area contributed by atoms with Crippen LogP contribution in [0.5, 0.6) is 0 Å². The first-order chi connectivity index (χ1) is 12.4. The van der Waals surface area contributed by atoms with Crippen molar-refractivity contribution in [1.29, 1.82) is 0 Å². The lowest BCUT2D eigenvalue weighted by Gasteiger charge is -2.16. The smallest absolute Gasteiger partial charge is 0.265 e. The molecule has 0 atom stereocenters. The van der Waals surface area contributed by atoms with Gasteiger partial charge in [0.2, 0.25) is 15.9 Å². The zero-order valence-corrected chi connectivity index (χ0v) is 16.8. The number of aromatic nitrogens is 1. The van der Waals surface area contributed by atoms with Gasteiger partial charge in [0.05, 0.1) is 6.54 Å². The van der Waals surface area contributed by atoms with Crippen LogP contribution >= 0.6 is 12.4 Å². The lowest BCUT2D eigenvalue weighted by atomic mass is 10.1. The van der Waals surface area contributed by atoms with Crippen LogP contribution in [0.3, 0.4) is 0 Å². The minimum atomic E-state index is -3.89. The molecule has 0 unspecified atom stereocenters. The molecule has 0 aliphatic heterocycles. The summed E-state index contributed by atoms with van der Waals surface area (Å²) in [4.78, 5) is 25.1. The summed E-state index contributed by atoms with van der Waals surface area (Å²) in [6.45, 7) is 0.721. The molecule has 11 heteroatoms. The number of rotatable bonds is 9. The van der Waals surface area contributed by atoms with Gasteiger partial charge in [-0.1, -0.05) is 25.7 Å². The van der Waals surface area contributed by atoms with E-state index in [-0.39, 0.29) is 29.5 Å². The Balaban J connectivity index is 0.00000364. The summed E-state index contributed by atoms with van der Waals surface area (Å²) in [6, 6.07) is 1.63. The molecule has 1 aliphatic rings. The topological polar surface area (TPSA) is 146 Å². The molecule has 1 aliphatic carbocycles. The van der Waals surface area contributed by atoms with Crippen molar-refractivity contribution in [2.75, 3.05) is 19.6 Å². The van der Waals surface area contributed by atoms with Crippen LogP contribution in [0.15, 0.2) is 17.2 Å². The van der Waals surface area contributed by atoms with Crippen LogP contribution in [0.1, 0.15) is 49.0 Å². The number of primary amides is 1. The van der Waals surface area contributed by atoms with Crippen molar-refractivity contribution < 1.29 is 18.0 Å². The molecule has 1 heterocycles. The predicted molar refractivity (Wildman–Crippen MR) is 104 cm³/mol. The number of aromatic amines is 1. The van der Waals surface area contributed by atoms with Gasteiger partial charge in [-0.15, -0.1) is 12.4 Å². The third-order valence-electron chi connectivity index (χ3n) is 4.39. The lowest BCUT2D eigenvalue weighted by Crippen LogP contribution is -2.41. The first kappa shape index (κ1) is 23.4.